The van der Waals surface area contributed by atoms with E-state index in [-0.39, 0.29) is 12.5 Å². The van der Waals surface area contributed by atoms with Gasteiger partial charge in [0, 0.05) is 30.8 Å². The zero-order valence-electron chi connectivity index (χ0n) is 15.4. The Morgan fingerprint density at radius 2 is 1.74 bits per heavy atom. The molecule has 6 nitrogen and oxygen atoms in total. The van der Waals surface area contributed by atoms with Crippen molar-refractivity contribution in [1.29, 1.82) is 0 Å². The van der Waals surface area contributed by atoms with Crippen LogP contribution in [0, 0.1) is 0 Å². The molecule has 8 heteroatoms. The Morgan fingerprint density at radius 1 is 1.07 bits per heavy atom. The molecule has 0 aliphatic heterocycles. The summed E-state index contributed by atoms with van der Waals surface area (Å²) in [5, 5.41) is 3.18. The van der Waals surface area contributed by atoms with Crippen molar-refractivity contribution in [3.63, 3.8) is 0 Å². The number of nitrogens with zero attached hydrogens (tertiary/aromatic N) is 2. The molecule has 0 saturated carbocycles. The molecule has 2 rings (SSSR count). The van der Waals surface area contributed by atoms with Crippen molar-refractivity contribution in [3.8, 4) is 0 Å². The van der Waals surface area contributed by atoms with E-state index in [1.807, 2.05) is 37.4 Å². The fraction of sp³-hybridized carbons (Fsp3) is 0.316. The second-order valence-electron chi connectivity index (χ2n) is 6.21. The van der Waals surface area contributed by atoms with E-state index in [1.165, 1.54) is 6.07 Å². The average Bonchev–Trinajstić information content (AvgIpc) is 2.63. The normalized spacial score (nSPS) is 11.1. The molecule has 0 spiro atoms. The number of hydrogen-bond acceptors (Lipinski definition) is 4. The summed E-state index contributed by atoms with van der Waals surface area (Å²) in [7, 11) is -1.62. The van der Waals surface area contributed by atoms with Gasteiger partial charge in [0.2, 0.25) is 15.9 Å². The number of halogens is 1. The Kier molecular flexibility index (Phi) is 7.50. The largest absolute Gasteiger partial charge is 0.375 e. The van der Waals surface area contributed by atoms with Crippen LogP contribution in [-0.2, 0) is 14.8 Å². The van der Waals surface area contributed by atoms with Gasteiger partial charge in [0.15, 0.2) is 0 Å². The van der Waals surface area contributed by atoms with Crippen molar-refractivity contribution in [2.75, 3.05) is 42.1 Å². The van der Waals surface area contributed by atoms with E-state index in [9.17, 15) is 13.2 Å². The van der Waals surface area contributed by atoms with Crippen LogP contribution in [0.5, 0.6) is 0 Å². The number of rotatable bonds is 9. The Labute approximate surface area is 165 Å². The summed E-state index contributed by atoms with van der Waals surface area (Å²) in [4.78, 5) is 14.3. The molecule has 0 bridgehead atoms. The number of carbonyl (C=O) groups excluding carboxylic acids is 1. The fourth-order valence-electron chi connectivity index (χ4n) is 2.57. The lowest BCUT2D eigenvalue weighted by molar-refractivity contribution is -0.119. The third-order valence-corrected chi connectivity index (χ3v) is 5.35. The van der Waals surface area contributed by atoms with Crippen LogP contribution in [0.25, 0.3) is 0 Å². The Balaban J connectivity index is 1.86. The second-order valence-corrected chi connectivity index (χ2v) is 8.55. The summed E-state index contributed by atoms with van der Waals surface area (Å²) < 4.78 is 25.1. The first-order valence-electron chi connectivity index (χ1n) is 8.53. The number of benzene rings is 2. The minimum absolute atomic E-state index is 0.284. The smallest absolute Gasteiger partial charge is 0.240 e. The van der Waals surface area contributed by atoms with Gasteiger partial charge in [-0.2, -0.15) is 0 Å². The molecule has 0 atom stereocenters. The molecule has 2 aromatic carbocycles. The van der Waals surface area contributed by atoms with Gasteiger partial charge < -0.3 is 10.2 Å². The predicted octanol–water partition coefficient (Wildman–Crippen LogP) is 2.75. The lowest BCUT2D eigenvalue weighted by atomic mass is 10.3. The lowest BCUT2D eigenvalue weighted by Crippen LogP contribution is -2.41. The van der Waals surface area contributed by atoms with Crippen molar-refractivity contribution in [3.05, 3.63) is 59.6 Å². The Morgan fingerprint density at radius 3 is 2.37 bits per heavy atom. The highest BCUT2D eigenvalue weighted by Crippen LogP contribution is 2.21. The molecule has 0 unspecified atom stereocenters. The summed E-state index contributed by atoms with van der Waals surface area (Å²) in [5.41, 5.74) is 1.47. The molecule has 0 heterocycles. The Bertz CT molecular complexity index is 860. The summed E-state index contributed by atoms with van der Waals surface area (Å²) in [6.45, 7) is 0.950. The average molecular weight is 410 g/mol. The molecule has 1 amide bonds. The van der Waals surface area contributed by atoms with Crippen LogP contribution >= 0.6 is 11.6 Å². The van der Waals surface area contributed by atoms with Crippen molar-refractivity contribution >= 4 is 38.9 Å². The number of hydrogen-bond donors (Lipinski definition) is 1. The zero-order chi connectivity index (χ0) is 19.9. The third kappa shape index (κ3) is 6.77. The molecule has 27 heavy (non-hydrogen) atoms. The van der Waals surface area contributed by atoms with Gasteiger partial charge in [0.1, 0.15) is 6.54 Å². The van der Waals surface area contributed by atoms with Crippen LogP contribution < -0.4 is 14.5 Å². The van der Waals surface area contributed by atoms with Crippen LogP contribution in [-0.4, -0.2) is 47.3 Å². The SMILES string of the molecule is CN(CCCNC(=O)CN(c1cccc(Cl)c1)S(C)(=O)=O)c1ccccc1. The molecule has 0 aliphatic rings. The zero-order valence-corrected chi connectivity index (χ0v) is 17.0. The lowest BCUT2D eigenvalue weighted by Gasteiger charge is -2.22. The van der Waals surface area contributed by atoms with E-state index in [1.54, 1.807) is 18.2 Å². The first-order chi connectivity index (χ1) is 12.8. The van der Waals surface area contributed by atoms with Crippen molar-refractivity contribution < 1.29 is 13.2 Å². The van der Waals surface area contributed by atoms with E-state index in [0.717, 1.165) is 29.2 Å². The molecule has 0 saturated heterocycles. The first-order valence-corrected chi connectivity index (χ1v) is 10.8. The monoisotopic (exact) mass is 409 g/mol. The first kappa shape index (κ1) is 21.1. The maximum atomic E-state index is 12.2. The van der Waals surface area contributed by atoms with Gasteiger partial charge in [-0.3, -0.25) is 9.10 Å². The summed E-state index contributed by atoms with van der Waals surface area (Å²) >= 11 is 5.93. The minimum Gasteiger partial charge on any atom is -0.375 e. The van der Waals surface area contributed by atoms with E-state index < -0.39 is 10.0 Å². The number of carbonyl (C=O) groups is 1. The highest BCUT2D eigenvalue weighted by molar-refractivity contribution is 7.92. The van der Waals surface area contributed by atoms with Crippen molar-refractivity contribution in [2.45, 2.75) is 6.42 Å². The molecule has 0 radical (unpaired) electrons. The number of amides is 1. The van der Waals surface area contributed by atoms with E-state index >= 15 is 0 Å². The summed E-state index contributed by atoms with van der Waals surface area (Å²) in [5.74, 6) is -0.359. The quantitative estimate of drug-likeness (QED) is 0.646. The minimum atomic E-state index is -3.60. The molecule has 0 aliphatic carbocycles. The third-order valence-electron chi connectivity index (χ3n) is 3.97. The number of anilines is 2. The van der Waals surface area contributed by atoms with Crippen LogP contribution in [0.4, 0.5) is 11.4 Å². The van der Waals surface area contributed by atoms with E-state index in [4.69, 9.17) is 11.6 Å². The molecular weight excluding hydrogens is 386 g/mol. The van der Waals surface area contributed by atoms with Crippen LogP contribution in [0.2, 0.25) is 5.02 Å². The van der Waals surface area contributed by atoms with Gasteiger partial charge in [-0.1, -0.05) is 35.9 Å². The standard InChI is InChI=1S/C19H24ClN3O3S/c1-22(17-9-4-3-5-10-17)13-7-12-21-19(24)15-23(27(2,25)26)18-11-6-8-16(20)14-18/h3-6,8-11,14H,7,12-13,15H2,1-2H3,(H,21,24). The highest BCUT2D eigenvalue weighted by Gasteiger charge is 2.20. The molecule has 0 fully saturated rings. The summed E-state index contributed by atoms with van der Waals surface area (Å²) in [6.07, 6.45) is 1.81. The second kappa shape index (κ2) is 9.62. The molecular formula is C19H24ClN3O3S. The molecule has 0 aromatic heterocycles. The number of sulfonamides is 1. The maximum Gasteiger partial charge on any atom is 0.240 e. The van der Waals surface area contributed by atoms with E-state index in [0.29, 0.717) is 17.3 Å². The topological polar surface area (TPSA) is 69.7 Å². The predicted molar refractivity (Wildman–Crippen MR) is 111 cm³/mol. The van der Waals surface area contributed by atoms with Gasteiger partial charge >= 0.3 is 0 Å². The van der Waals surface area contributed by atoms with Gasteiger partial charge in [0.25, 0.3) is 0 Å². The maximum absolute atomic E-state index is 12.2. The van der Waals surface area contributed by atoms with Crippen molar-refractivity contribution in [1.82, 2.24) is 5.32 Å². The van der Waals surface area contributed by atoms with Gasteiger partial charge in [-0.05, 0) is 36.8 Å². The molecule has 146 valence electrons. The molecule has 1 N–H and O–H groups in total. The molecule has 2 aromatic rings. The van der Waals surface area contributed by atoms with Crippen LogP contribution in [0.15, 0.2) is 54.6 Å². The van der Waals surface area contributed by atoms with E-state index in [2.05, 4.69) is 10.2 Å². The van der Waals surface area contributed by atoms with Crippen LogP contribution in [0.3, 0.4) is 0 Å². The highest BCUT2D eigenvalue weighted by atomic mass is 35.5. The fourth-order valence-corrected chi connectivity index (χ4v) is 3.61. The Hall–Kier alpha value is -2.25. The number of nitrogens with one attached hydrogen (secondary N) is 1. The van der Waals surface area contributed by atoms with Crippen molar-refractivity contribution in [2.24, 2.45) is 0 Å². The van der Waals surface area contributed by atoms with Gasteiger partial charge in [0.05, 0.1) is 11.9 Å². The van der Waals surface area contributed by atoms with Gasteiger partial charge in [-0.15, -0.1) is 0 Å². The van der Waals surface area contributed by atoms with Crippen LogP contribution in [0.1, 0.15) is 6.42 Å². The number of para-hydroxylation sites is 1. The van der Waals surface area contributed by atoms with Gasteiger partial charge in [-0.25, -0.2) is 8.42 Å². The summed E-state index contributed by atoms with van der Waals surface area (Å²) in [6, 6.07) is 16.4.